The molecule has 0 atom stereocenters. The third kappa shape index (κ3) is 4.18. The van der Waals surface area contributed by atoms with Crippen LogP contribution in [0.5, 0.6) is 0 Å². The van der Waals surface area contributed by atoms with Gasteiger partial charge in [-0.1, -0.05) is 6.92 Å². The van der Waals surface area contributed by atoms with E-state index < -0.39 is 0 Å². The quantitative estimate of drug-likeness (QED) is 0.830. The Kier molecular flexibility index (Phi) is 5.11. The largest absolute Gasteiger partial charge is 0.393 e. The van der Waals surface area contributed by atoms with Crippen LogP contribution in [0.4, 0.5) is 5.95 Å². The highest BCUT2D eigenvalue weighted by Gasteiger charge is 2.25. The van der Waals surface area contributed by atoms with E-state index >= 15 is 0 Å². The number of nitrogens with one attached hydrogen (secondary N) is 1. The van der Waals surface area contributed by atoms with E-state index in [1.54, 1.807) is 6.20 Å². The molecule has 4 rings (SSSR count). The summed E-state index contributed by atoms with van der Waals surface area (Å²) >= 11 is 0. The standard InChI is InChI=1S/C20H27N5O/c1-2-19-22-12-16(18(24-19)11-13-3-4-13)17-9-10-21-20(25-17)23-14-5-7-15(26)8-6-14/h9-10,12-15,26H,2-8,11H2,1H3,(H,21,23,25). The normalized spacial score (nSPS) is 23.0. The van der Waals surface area contributed by atoms with Gasteiger partial charge in [-0.2, -0.15) is 0 Å². The molecule has 2 N–H and O–H groups in total. The average Bonchev–Trinajstić information content (AvgIpc) is 3.48. The van der Waals surface area contributed by atoms with Gasteiger partial charge in [0.05, 0.1) is 17.5 Å². The third-order valence-corrected chi connectivity index (χ3v) is 5.37. The lowest BCUT2D eigenvalue weighted by atomic mass is 9.93. The first-order valence-electron chi connectivity index (χ1n) is 9.84. The van der Waals surface area contributed by atoms with Gasteiger partial charge in [-0.15, -0.1) is 0 Å². The smallest absolute Gasteiger partial charge is 0.223 e. The van der Waals surface area contributed by atoms with E-state index in [1.807, 2.05) is 12.3 Å². The maximum atomic E-state index is 9.66. The predicted octanol–water partition coefficient (Wildman–Crippen LogP) is 3.16. The molecule has 138 valence electrons. The van der Waals surface area contributed by atoms with Crippen molar-refractivity contribution < 1.29 is 5.11 Å². The minimum atomic E-state index is -0.153. The van der Waals surface area contributed by atoms with Crippen LogP contribution in [0.3, 0.4) is 0 Å². The Balaban J connectivity index is 1.55. The Morgan fingerprint density at radius 1 is 1.08 bits per heavy atom. The van der Waals surface area contributed by atoms with Crippen LogP contribution >= 0.6 is 0 Å². The van der Waals surface area contributed by atoms with E-state index in [0.717, 1.165) is 67.2 Å². The van der Waals surface area contributed by atoms with Crippen LogP contribution in [-0.4, -0.2) is 37.2 Å². The van der Waals surface area contributed by atoms with Gasteiger partial charge in [-0.25, -0.2) is 19.9 Å². The molecular formula is C20H27N5O. The summed E-state index contributed by atoms with van der Waals surface area (Å²) in [5.41, 5.74) is 3.03. The van der Waals surface area contributed by atoms with E-state index in [2.05, 4.69) is 22.2 Å². The van der Waals surface area contributed by atoms with Gasteiger partial charge in [0.15, 0.2) is 0 Å². The zero-order valence-corrected chi connectivity index (χ0v) is 15.4. The van der Waals surface area contributed by atoms with Crippen molar-refractivity contribution in [3.05, 3.63) is 30.0 Å². The number of aryl methyl sites for hydroxylation is 1. The van der Waals surface area contributed by atoms with E-state index in [-0.39, 0.29) is 6.10 Å². The molecule has 6 heteroatoms. The second-order valence-corrected chi connectivity index (χ2v) is 7.56. The summed E-state index contributed by atoms with van der Waals surface area (Å²) in [6.45, 7) is 2.09. The Labute approximate surface area is 154 Å². The van der Waals surface area contributed by atoms with Crippen LogP contribution < -0.4 is 5.32 Å². The average molecular weight is 353 g/mol. The third-order valence-electron chi connectivity index (χ3n) is 5.37. The summed E-state index contributed by atoms with van der Waals surface area (Å²) in [5.74, 6) is 2.32. The van der Waals surface area contributed by atoms with E-state index in [4.69, 9.17) is 9.97 Å². The van der Waals surface area contributed by atoms with Crippen LogP contribution in [0.15, 0.2) is 18.5 Å². The highest BCUT2D eigenvalue weighted by atomic mass is 16.3. The van der Waals surface area contributed by atoms with Crippen molar-refractivity contribution in [3.8, 4) is 11.3 Å². The maximum absolute atomic E-state index is 9.66. The minimum Gasteiger partial charge on any atom is -0.393 e. The molecule has 2 aliphatic carbocycles. The Morgan fingerprint density at radius 3 is 2.62 bits per heavy atom. The maximum Gasteiger partial charge on any atom is 0.223 e. The molecule has 2 aromatic heterocycles. The van der Waals surface area contributed by atoms with Gasteiger partial charge in [0.25, 0.3) is 0 Å². The van der Waals surface area contributed by atoms with Crippen molar-refractivity contribution in [2.45, 2.75) is 70.4 Å². The van der Waals surface area contributed by atoms with Crippen molar-refractivity contribution in [2.75, 3.05) is 5.32 Å². The van der Waals surface area contributed by atoms with Crippen LogP contribution in [-0.2, 0) is 12.8 Å². The van der Waals surface area contributed by atoms with Crippen molar-refractivity contribution in [1.29, 1.82) is 0 Å². The zero-order chi connectivity index (χ0) is 17.9. The van der Waals surface area contributed by atoms with Crippen molar-refractivity contribution >= 4 is 5.95 Å². The van der Waals surface area contributed by atoms with E-state index in [0.29, 0.717) is 12.0 Å². The van der Waals surface area contributed by atoms with E-state index in [1.165, 1.54) is 12.8 Å². The van der Waals surface area contributed by atoms with Crippen LogP contribution in [0.1, 0.15) is 57.0 Å². The number of hydrogen-bond acceptors (Lipinski definition) is 6. The number of aliphatic hydroxyl groups is 1. The lowest BCUT2D eigenvalue weighted by Gasteiger charge is -2.26. The van der Waals surface area contributed by atoms with Crippen molar-refractivity contribution in [2.24, 2.45) is 5.92 Å². The van der Waals surface area contributed by atoms with Gasteiger partial charge in [0.1, 0.15) is 5.82 Å². The van der Waals surface area contributed by atoms with Crippen molar-refractivity contribution in [3.63, 3.8) is 0 Å². The lowest BCUT2D eigenvalue weighted by Crippen LogP contribution is -2.28. The first-order chi connectivity index (χ1) is 12.7. The van der Waals surface area contributed by atoms with Gasteiger partial charge in [0.2, 0.25) is 5.95 Å². The Morgan fingerprint density at radius 2 is 1.88 bits per heavy atom. The molecule has 0 aromatic carbocycles. The van der Waals surface area contributed by atoms with Gasteiger partial charge in [0, 0.05) is 30.4 Å². The number of nitrogens with zero attached hydrogens (tertiary/aromatic N) is 4. The molecule has 2 saturated carbocycles. The molecule has 2 heterocycles. The summed E-state index contributed by atoms with van der Waals surface area (Å²) in [6.07, 6.45) is 11.6. The molecule has 6 nitrogen and oxygen atoms in total. The molecule has 0 aliphatic heterocycles. The number of aromatic nitrogens is 4. The van der Waals surface area contributed by atoms with Gasteiger partial charge >= 0.3 is 0 Å². The lowest BCUT2D eigenvalue weighted by molar-refractivity contribution is 0.126. The summed E-state index contributed by atoms with van der Waals surface area (Å²) in [7, 11) is 0. The topological polar surface area (TPSA) is 83.8 Å². The van der Waals surface area contributed by atoms with Gasteiger partial charge < -0.3 is 10.4 Å². The van der Waals surface area contributed by atoms with Crippen LogP contribution in [0.2, 0.25) is 0 Å². The molecule has 0 saturated heterocycles. The highest BCUT2D eigenvalue weighted by Crippen LogP contribution is 2.34. The molecule has 0 bridgehead atoms. The predicted molar refractivity (Wildman–Crippen MR) is 101 cm³/mol. The highest BCUT2D eigenvalue weighted by molar-refractivity contribution is 5.62. The van der Waals surface area contributed by atoms with Gasteiger partial charge in [-0.05, 0) is 56.9 Å². The fourth-order valence-electron chi connectivity index (χ4n) is 3.57. The first-order valence-corrected chi connectivity index (χ1v) is 9.84. The number of rotatable bonds is 6. The Bertz CT molecular complexity index is 754. The van der Waals surface area contributed by atoms with Crippen molar-refractivity contribution in [1.82, 2.24) is 19.9 Å². The molecular weight excluding hydrogens is 326 g/mol. The molecule has 0 radical (unpaired) electrons. The summed E-state index contributed by atoms with van der Waals surface area (Å²) in [4.78, 5) is 18.4. The number of aliphatic hydroxyl groups excluding tert-OH is 1. The fourth-order valence-corrected chi connectivity index (χ4v) is 3.57. The molecule has 0 spiro atoms. The first kappa shape index (κ1) is 17.3. The number of hydrogen-bond donors (Lipinski definition) is 2. The Hall–Kier alpha value is -2.08. The molecule has 0 unspecified atom stereocenters. The summed E-state index contributed by atoms with van der Waals surface area (Å²) in [6, 6.07) is 2.27. The molecule has 2 aromatic rings. The number of anilines is 1. The minimum absolute atomic E-state index is 0.153. The van der Waals surface area contributed by atoms with Crippen LogP contribution in [0, 0.1) is 5.92 Å². The summed E-state index contributed by atoms with van der Waals surface area (Å²) in [5, 5.41) is 13.1. The SMILES string of the molecule is CCc1ncc(-c2ccnc(NC3CCC(O)CC3)n2)c(CC2CC2)n1. The van der Waals surface area contributed by atoms with Crippen LogP contribution in [0.25, 0.3) is 11.3 Å². The molecule has 2 aliphatic rings. The second-order valence-electron chi connectivity index (χ2n) is 7.56. The zero-order valence-electron chi connectivity index (χ0n) is 15.4. The fraction of sp³-hybridized carbons (Fsp3) is 0.600. The second kappa shape index (κ2) is 7.66. The molecule has 0 amide bonds. The molecule has 2 fully saturated rings. The van der Waals surface area contributed by atoms with E-state index in [9.17, 15) is 5.11 Å². The summed E-state index contributed by atoms with van der Waals surface area (Å²) < 4.78 is 0. The van der Waals surface area contributed by atoms with Gasteiger partial charge in [-0.3, -0.25) is 0 Å². The monoisotopic (exact) mass is 353 g/mol. The molecule has 26 heavy (non-hydrogen) atoms.